The van der Waals surface area contributed by atoms with E-state index in [1.807, 2.05) is 0 Å². The van der Waals surface area contributed by atoms with E-state index >= 15 is 0 Å². The first-order valence-corrected chi connectivity index (χ1v) is 6.21. The van der Waals surface area contributed by atoms with Crippen molar-refractivity contribution in [3.63, 3.8) is 0 Å². The molecule has 0 aliphatic heterocycles. The summed E-state index contributed by atoms with van der Waals surface area (Å²) in [7, 11) is 0. The average Bonchev–Trinajstić information content (AvgIpc) is 2.52. The Bertz CT molecular complexity index is 763. The minimum absolute atomic E-state index is 0.0683. The van der Waals surface area contributed by atoms with Crippen LogP contribution in [0.4, 0.5) is 5.69 Å². The Kier molecular flexibility index (Phi) is 4.41. The van der Waals surface area contributed by atoms with Crippen molar-refractivity contribution in [2.45, 2.75) is 0 Å². The number of hydrogen-bond acceptors (Lipinski definition) is 7. The van der Waals surface area contributed by atoms with E-state index in [9.17, 15) is 30.2 Å². The molecule has 23 heavy (non-hydrogen) atoms. The Morgan fingerprint density at radius 2 is 1.70 bits per heavy atom. The third kappa shape index (κ3) is 3.73. The standard InChI is InChI=1S/C14H11N3O6/c18-11-5-9(6-12(19)13(11)20)14(21)16-15-7-8-1-3-10(4-2-8)17(22)23/h1-7,18-20H,(H,16,21)/b15-7-. The number of carbonyl (C=O) groups is 1. The molecule has 0 aliphatic carbocycles. The molecule has 2 rings (SSSR count). The highest BCUT2D eigenvalue weighted by Crippen LogP contribution is 2.35. The van der Waals surface area contributed by atoms with Crippen LogP contribution in [-0.4, -0.2) is 32.4 Å². The van der Waals surface area contributed by atoms with Crippen molar-refractivity contribution < 1.29 is 25.0 Å². The van der Waals surface area contributed by atoms with Gasteiger partial charge >= 0.3 is 0 Å². The molecule has 0 atom stereocenters. The maximum atomic E-state index is 11.8. The van der Waals surface area contributed by atoms with E-state index in [0.29, 0.717) is 5.56 Å². The zero-order chi connectivity index (χ0) is 17.0. The first kappa shape index (κ1) is 15.8. The van der Waals surface area contributed by atoms with Gasteiger partial charge in [-0.05, 0) is 29.8 Å². The average molecular weight is 317 g/mol. The molecule has 0 aromatic heterocycles. The second-order valence-electron chi connectivity index (χ2n) is 4.41. The molecule has 9 nitrogen and oxygen atoms in total. The zero-order valence-corrected chi connectivity index (χ0v) is 11.5. The van der Waals surface area contributed by atoms with Gasteiger partial charge in [0.15, 0.2) is 17.2 Å². The molecular weight excluding hydrogens is 306 g/mol. The maximum absolute atomic E-state index is 11.8. The summed E-state index contributed by atoms with van der Waals surface area (Å²) < 4.78 is 0. The third-order valence-corrected chi connectivity index (χ3v) is 2.82. The highest BCUT2D eigenvalue weighted by Gasteiger charge is 2.12. The lowest BCUT2D eigenvalue weighted by molar-refractivity contribution is -0.384. The molecule has 9 heteroatoms. The van der Waals surface area contributed by atoms with Gasteiger partial charge in [0.05, 0.1) is 11.1 Å². The number of amides is 1. The molecular formula is C14H11N3O6. The first-order chi connectivity index (χ1) is 10.9. The highest BCUT2D eigenvalue weighted by atomic mass is 16.6. The van der Waals surface area contributed by atoms with Crippen LogP contribution >= 0.6 is 0 Å². The smallest absolute Gasteiger partial charge is 0.271 e. The van der Waals surface area contributed by atoms with Gasteiger partial charge in [0.25, 0.3) is 11.6 Å². The quantitative estimate of drug-likeness (QED) is 0.291. The predicted molar refractivity (Wildman–Crippen MR) is 79.6 cm³/mol. The Morgan fingerprint density at radius 3 is 2.22 bits per heavy atom. The molecule has 0 saturated heterocycles. The molecule has 0 unspecified atom stereocenters. The molecule has 0 heterocycles. The topological polar surface area (TPSA) is 145 Å². The van der Waals surface area contributed by atoms with E-state index in [1.54, 1.807) is 0 Å². The van der Waals surface area contributed by atoms with E-state index in [1.165, 1.54) is 30.5 Å². The van der Waals surface area contributed by atoms with E-state index in [0.717, 1.165) is 12.1 Å². The number of benzene rings is 2. The fraction of sp³-hybridized carbons (Fsp3) is 0. The maximum Gasteiger partial charge on any atom is 0.271 e. The Morgan fingerprint density at radius 1 is 1.13 bits per heavy atom. The van der Waals surface area contributed by atoms with Crippen LogP contribution in [0.15, 0.2) is 41.5 Å². The molecule has 0 fully saturated rings. The summed E-state index contributed by atoms with van der Waals surface area (Å²) in [4.78, 5) is 21.7. The summed E-state index contributed by atoms with van der Waals surface area (Å²) in [5.41, 5.74) is 2.49. The van der Waals surface area contributed by atoms with Crippen molar-refractivity contribution in [3.05, 3.63) is 57.6 Å². The van der Waals surface area contributed by atoms with Crippen LogP contribution in [0.3, 0.4) is 0 Å². The minimum atomic E-state index is -0.728. The molecule has 0 spiro atoms. The highest BCUT2D eigenvalue weighted by molar-refractivity contribution is 5.96. The number of phenolic OH excluding ortho intramolecular Hbond substituents is 3. The number of phenols is 3. The largest absolute Gasteiger partial charge is 0.504 e. The van der Waals surface area contributed by atoms with Crippen LogP contribution in [0.25, 0.3) is 0 Å². The van der Waals surface area contributed by atoms with Crippen molar-refractivity contribution in [1.29, 1.82) is 0 Å². The summed E-state index contributed by atoms with van der Waals surface area (Å²) in [6.07, 6.45) is 1.27. The first-order valence-electron chi connectivity index (χ1n) is 6.21. The monoisotopic (exact) mass is 317 g/mol. The number of hydrazone groups is 1. The molecule has 118 valence electrons. The van der Waals surface area contributed by atoms with Gasteiger partial charge in [-0.25, -0.2) is 5.43 Å². The third-order valence-electron chi connectivity index (χ3n) is 2.82. The van der Waals surface area contributed by atoms with Gasteiger partial charge < -0.3 is 15.3 Å². The van der Waals surface area contributed by atoms with Crippen LogP contribution in [-0.2, 0) is 0 Å². The number of hydrogen-bond donors (Lipinski definition) is 4. The minimum Gasteiger partial charge on any atom is -0.504 e. The van der Waals surface area contributed by atoms with Crippen molar-refractivity contribution in [2.75, 3.05) is 0 Å². The van der Waals surface area contributed by atoms with Gasteiger partial charge in [-0.3, -0.25) is 14.9 Å². The Hall–Kier alpha value is -3.62. The number of nitrogens with zero attached hydrogens (tertiary/aromatic N) is 2. The van der Waals surface area contributed by atoms with Gasteiger partial charge in [-0.15, -0.1) is 0 Å². The van der Waals surface area contributed by atoms with E-state index in [-0.39, 0.29) is 11.3 Å². The SMILES string of the molecule is O=C(N/N=C\c1ccc([N+](=O)[O-])cc1)c1cc(O)c(O)c(O)c1. The summed E-state index contributed by atoms with van der Waals surface area (Å²) in [6, 6.07) is 7.41. The summed E-state index contributed by atoms with van der Waals surface area (Å²) in [6.45, 7) is 0. The van der Waals surface area contributed by atoms with E-state index in [2.05, 4.69) is 10.5 Å². The number of nitro groups is 1. The zero-order valence-electron chi connectivity index (χ0n) is 11.5. The summed E-state index contributed by atoms with van der Waals surface area (Å²) in [5, 5.41) is 42.0. The van der Waals surface area contributed by atoms with Crippen LogP contribution < -0.4 is 5.43 Å². The number of aromatic hydroxyl groups is 3. The fourth-order valence-corrected chi connectivity index (χ4v) is 1.65. The molecule has 0 radical (unpaired) electrons. The van der Waals surface area contributed by atoms with Gasteiger partial charge in [0, 0.05) is 17.7 Å². The molecule has 4 N–H and O–H groups in total. The normalized spacial score (nSPS) is 10.6. The molecule has 0 aliphatic rings. The number of non-ortho nitro benzene ring substituents is 1. The van der Waals surface area contributed by atoms with Crippen LogP contribution in [0.1, 0.15) is 15.9 Å². The van der Waals surface area contributed by atoms with Crippen molar-refractivity contribution in [2.24, 2.45) is 5.10 Å². The number of rotatable bonds is 4. The summed E-state index contributed by atoms with van der Waals surface area (Å²) >= 11 is 0. The number of nitro benzene ring substituents is 1. The van der Waals surface area contributed by atoms with Gasteiger partial charge in [0.2, 0.25) is 0 Å². The Balaban J connectivity index is 2.05. The van der Waals surface area contributed by atoms with Gasteiger partial charge in [-0.1, -0.05) is 0 Å². The lowest BCUT2D eigenvalue weighted by Gasteiger charge is -2.04. The van der Waals surface area contributed by atoms with Crippen LogP contribution in [0.5, 0.6) is 17.2 Å². The number of nitrogens with one attached hydrogen (secondary N) is 1. The van der Waals surface area contributed by atoms with Gasteiger partial charge in [-0.2, -0.15) is 5.10 Å². The fourth-order valence-electron chi connectivity index (χ4n) is 1.65. The molecule has 2 aromatic rings. The van der Waals surface area contributed by atoms with Crippen molar-refractivity contribution >= 4 is 17.8 Å². The van der Waals surface area contributed by atoms with Crippen LogP contribution in [0.2, 0.25) is 0 Å². The Labute approximate surface area is 129 Å². The van der Waals surface area contributed by atoms with Gasteiger partial charge in [0.1, 0.15) is 0 Å². The number of carbonyl (C=O) groups excluding carboxylic acids is 1. The summed E-state index contributed by atoms with van der Waals surface area (Å²) in [5.74, 6) is -2.74. The second-order valence-corrected chi connectivity index (χ2v) is 4.41. The molecule has 2 aromatic carbocycles. The van der Waals surface area contributed by atoms with Crippen LogP contribution in [0, 0.1) is 10.1 Å². The second kappa shape index (κ2) is 6.43. The lowest BCUT2D eigenvalue weighted by Crippen LogP contribution is -2.17. The van der Waals surface area contributed by atoms with Crippen molar-refractivity contribution in [3.8, 4) is 17.2 Å². The predicted octanol–water partition coefficient (Wildman–Crippen LogP) is 1.48. The molecule has 0 bridgehead atoms. The van der Waals surface area contributed by atoms with E-state index in [4.69, 9.17) is 0 Å². The lowest BCUT2D eigenvalue weighted by atomic mass is 10.2. The van der Waals surface area contributed by atoms with E-state index < -0.39 is 28.1 Å². The molecule has 0 saturated carbocycles. The molecule has 1 amide bonds. The van der Waals surface area contributed by atoms with Crippen molar-refractivity contribution in [1.82, 2.24) is 5.43 Å².